The minimum atomic E-state index is -0.148. The Labute approximate surface area is 132 Å². The zero-order valence-electron chi connectivity index (χ0n) is 13.0. The lowest BCUT2D eigenvalue weighted by Crippen LogP contribution is -2.48. The standard InChI is InChI=1S/C16H25ClN2O2/c1-4-18-12(3)13-5-6-16(15(17)7-13)19-8-11(2)21-14(9-19)10-20/h5-7,11-12,14,18,20H,4,8-10H2,1-3H3. The number of halogens is 1. The Hall–Kier alpha value is -0.810. The summed E-state index contributed by atoms with van der Waals surface area (Å²) >= 11 is 6.47. The average molecular weight is 313 g/mol. The van der Waals surface area contributed by atoms with Crippen molar-refractivity contribution in [2.24, 2.45) is 0 Å². The monoisotopic (exact) mass is 312 g/mol. The Morgan fingerprint density at radius 3 is 2.86 bits per heavy atom. The van der Waals surface area contributed by atoms with Crippen molar-refractivity contribution in [1.29, 1.82) is 0 Å². The number of nitrogens with zero attached hydrogens (tertiary/aromatic N) is 1. The first-order valence-corrected chi connectivity index (χ1v) is 7.97. The second-order valence-electron chi connectivity index (χ2n) is 5.65. The largest absolute Gasteiger partial charge is 0.394 e. The highest BCUT2D eigenvalue weighted by Crippen LogP contribution is 2.31. The molecule has 1 saturated heterocycles. The van der Waals surface area contributed by atoms with E-state index >= 15 is 0 Å². The fourth-order valence-electron chi connectivity index (χ4n) is 2.82. The Bertz CT molecular complexity index is 470. The van der Waals surface area contributed by atoms with Crippen LogP contribution in [0.4, 0.5) is 5.69 Å². The topological polar surface area (TPSA) is 44.7 Å². The zero-order chi connectivity index (χ0) is 15.4. The first-order chi connectivity index (χ1) is 10.0. The summed E-state index contributed by atoms with van der Waals surface area (Å²) in [5.41, 5.74) is 2.20. The van der Waals surface area contributed by atoms with Crippen LogP contribution in [0.15, 0.2) is 18.2 Å². The van der Waals surface area contributed by atoms with Gasteiger partial charge in [-0.15, -0.1) is 0 Å². The fraction of sp³-hybridized carbons (Fsp3) is 0.625. The van der Waals surface area contributed by atoms with Crippen LogP contribution in [0.5, 0.6) is 0 Å². The molecule has 0 radical (unpaired) electrons. The van der Waals surface area contributed by atoms with Crippen LogP contribution >= 0.6 is 11.6 Å². The lowest BCUT2D eigenvalue weighted by molar-refractivity contribution is -0.0421. The Morgan fingerprint density at radius 1 is 1.48 bits per heavy atom. The highest BCUT2D eigenvalue weighted by atomic mass is 35.5. The Kier molecular flexibility index (Phi) is 5.88. The van der Waals surface area contributed by atoms with Crippen molar-refractivity contribution in [2.45, 2.75) is 39.0 Å². The molecular formula is C16H25ClN2O2. The fourth-order valence-corrected chi connectivity index (χ4v) is 3.12. The molecule has 2 rings (SSSR count). The van der Waals surface area contributed by atoms with Gasteiger partial charge >= 0.3 is 0 Å². The van der Waals surface area contributed by atoms with Gasteiger partial charge < -0.3 is 20.1 Å². The van der Waals surface area contributed by atoms with Crippen molar-refractivity contribution in [3.63, 3.8) is 0 Å². The lowest BCUT2D eigenvalue weighted by Gasteiger charge is -2.38. The number of aliphatic hydroxyl groups excluding tert-OH is 1. The summed E-state index contributed by atoms with van der Waals surface area (Å²) in [4.78, 5) is 2.19. The molecular weight excluding hydrogens is 288 g/mol. The van der Waals surface area contributed by atoms with Gasteiger partial charge in [0.05, 0.1) is 29.5 Å². The summed E-state index contributed by atoms with van der Waals surface area (Å²) < 4.78 is 5.68. The Morgan fingerprint density at radius 2 is 2.24 bits per heavy atom. The van der Waals surface area contributed by atoms with Gasteiger partial charge in [0.2, 0.25) is 0 Å². The van der Waals surface area contributed by atoms with Crippen molar-refractivity contribution in [2.75, 3.05) is 31.1 Å². The van der Waals surface area contributed by atoms with E-state index in [1.807, 2.05) is 13.0 Å². The molecule has 0 amide bonds. The van der Waals surface area contributed by atoms with Gasteiger partial charge in [-0.25, -0.2) is 0 Å². The normalized spacial score (nSPS) is 24.1. The second-order valence-corrected chi connectivity index (χ2v) is 6.05. The molecule has 2 N–H and O–H groups in total. The molecule has 1 aromatic rings. The van der Waals surface area contributed by atoms with Crippen LogP contribution in [-0.2, 0) is 4.74 Å². The molecule has 0 spiro atoms. The summed E-state index contributed by atoms with van der Waals surface area (Å²) in [5, 5.41) is 13.5. The molecule has 1 aromatic carbocycles. The predicted octanol–water partition coefficient (Wildman–Crippen LogP) is 2.60. The molecule has 1 aliphatic heterocycles. The van der Waals surface area contributed by atoms with Crippen molar-refractivity contribution in [3.05, 3.63) is 28.8 Å². The molecule has 3 atom stereocenters. The van der Waals surface area contributed by atoms with Crippen molar-refractivity contribution in [1.82, 2.24) is 5.32 Å². The second kappa shape index (κ2) is 7.45. The van der Waals surface area contributed by atoms with Crippen molar-refractivity contribution in [3.8, 4) is 0 Å². The van der Waals surface area contributed by atoms with Gasteiger partial charge in [0, 0.05) is 19.1 Å². The first-order valence-electron chi connectivity index (χ1n) is 7.59. The first kappa shape index (κ1) is 16.6. The van der Waals surface area contributed by atoms with Gasteiger partial charge in [0.15, 0.2) is 0 Å². The summed E-state index contributed by atoms with van der Waals surface area (Å²) in [6, 6.07) is 6.49. The van der Waals surface area contributed by atoms with Crippen molar-refractivity contribution >= 4 is 17.3 Å². The number of ether oxygens (including phenoxy) is 1. The molecule has 5 heteroatoms. The number of rotatable bonds is 5. The quantitative estimate of drug-likeness (QED) is 0.877. The number of aliphatic hydroxyl groups is 1. The van der Waals surface area contributed by atoms with Gasteiger partial charge in [-0.2, -0.15) is 0 Å². The van der Waals surface area contributed by atoms with Crippen LogP contribution in [-0.4, -0.2) is 43.6 Å². The smallest absolute Gasteiger partial charge is 0.0984 e. The zero-order valence-corrected chi connectivity index (χ0v) is 13.7. The van der Waals surface area contributed by atoms with Crippen LogP contribution in [0.3, 0.4) is 0 Å². The van der Waals surface area contributed by atoms with Gasteiger partial charge in [0.25, 0.3) is 0 Å². The Balaban J connectivity index is 2.16. The van der Waals surface area contributed by atoms with Crippen LogP contribution in [0.2, 0.25) is 5.02 Å². The van der Waals surface area contributed by atoms with Crippen LogP contribution < -0.4 is 10.2 Å². The summed E-state index contributed by atoms with van der Waals surface area (Å²) in [7, 11) is 0. The van der Waals surface area contributed by atoms with Gasteiger partial charge in [0.1, 0.15) is 0 Å². The summed E-state index contributed by atoms with van der Waals surface area (Å²) in [6.07, 6.45) is -0.0579. The third-order valence-electron chi connectivity index (χ3n) is 3.85. The molecule has 0 saturated carbocycles. The molecule has 4 nitrogen and oxygen atoms in total. The molecule has 0 aliphatic carbocycles. The molecule has 21 heavy (non-hydrogen) atoms. The molecule has 118 valence electrons. The van der Waals surface area contributed by atoms with E-state index in [2.05, 4.69) is 36.2 Å². The summed E-state index contributed by atoms with van der Waals surface area (Å²) in [6.45, 7) is 8.67. The maximum absolute atomic E-state index is 9.33. The van der Waals surface area contributed by atoms with E-state index in [9.17, 15) is 5.11 Å². The van der Waals surface area contributed by atoms with E-state index in [-0.39, 0.29) is 24.9 Å². The number of anilines is 1. The van der Waals surface area contributed by atoms with Gasteiger partial charge in [-0.05, 0) is 38.1 Å². The van der Waals surface area contributed by atoms with E-state index in [1.54, 1.807) is 0 Å². The molecule has 0 bridgehead atoms. The third-order valence-corrected chi connectivity index (χ3v) is 4.16. The molecule has 3 unspecified atom stereocenters. The van der Waals surface area contributed by atoms with Crippen LogP contribution in [0.1, 0.15) is 32.4 Å². The van der Waals surface area contributed by atoms with E-state index in [1.165, 1.54) is 5.56 Å². The predicted molar refractivity (Wildman–Crippen MR) is 87.2 cm³/mol. The van der Waals surface area contributed by atoms with Crippen LogP contribution in [0, 0.1) is 0 Å². The maximum Gasteiger partial charge on any atom is 0.0984 e. The van der Waals surface area contributed by atoms with E-state index in [4.69, 9.17) is 16.3 Å². The molecule has 0 aromatic heterocycles. The minimum Gasteiger partial charge on any atom is -0.394 e. The molecule has 1 heterocycles. The number of hydrogen-bond acceptors (Lipinski definition) is 4. The van der Waals surface area contributed by atoms with Gasteiger partial charge in [-0.1, -0.05) is 24.6 Å². The van der Waals surface area contributed by atoms with Gasteiger partial charge in [-0.3, -0.25) is 0 Å². The van der Waals surface area contributed by atoms with E-state index in [0.29, 0.717) is 6.54 Å². The minimum absolute atomic E-state index is 0.0357. The number of benzene rings is 1. The SMILES string of the molecule is CCNC(C)c1ccc(N2CC(C)OC(CO)C2)c(Cl)c1. The number of morpholine rings is 1. The highest BCUT2D eigenvalue weighted by molar-refractivity contribution is 6.33. The highest BCUT2D eigenvalue weighted by Gasteiger charge is 2.26. The van der Waals surface area contributed by atoms with Crippen molar-refractivity contribution < 1.29 is 9.84 Å². The number of nitrogens with one attached hydrogen (secondary N) is 1. The maximum atomic E-state index is 9.33. The van der Waals surface area contributed by atoms with E-state index in [0.717, 1.165) is 23.8 Å². The summed E-state index contributed by atoms with van der Waals surface area (Å²) in [5.74, 6) is 0. The van der Waals surface area contributed by atoms with E-state index < -0.39 is 0 Å². The molecule has 1 aliphatic rings. The van der Waals surface area contributed by atoms with Crippen LogP contribution in [0.25, 0.3) is 0 Å². The molecule has 1 fully saturated rings. The average Bonchev–Trinajstić information content (AvgIpc) is 2.46. The lowest BCUT2D eigenvalue weighted by atomic mass is 10.1. The number of hydrogen-bond donors (Lipinski definition) is 2. The third kappa shape index (κ3) is 4.10.